The lowest BCUT2D eigenvalue weighted by Crippen LogP contribution is -2.57. The van der Waals surface area contributed by atoms with E-state index in [9.17, 15) is 34.2 Å². The van der Waals surface area contributed by atoms with Crippen LogP contribution in [0.3, 0.4) is 0 Å². The first-order valence-corrected chi connectivity index (χ1v) is 12.3. The molecule has 204 valence electrons. The summed E-state index contributed by atoms with van der Waals surface area (Å²) in [5, 5.41) is 33.2. The van der Waals surface area contributed by atoms with Gasteiger partial charge in [-0.1, -0.05) is 26.0 Å². The Labute approximate surface area is 215 Å². The summed E-state index contributed by atoms with van der Waals surface area (Å²) in [5.74, 6) is -4.11. The van der Waals surface area contributed by atoms with Gasteiger partial charge >= 0.3 is 11.9 Å². The fourth-order valence-corrected chi connectivity index (χ4v) is 4.26. The second kappa shape index (κ2) is 13.6. The number of phenols is 1. The molecule has 12 nitrogen and oxygen atoms in total. The average molecular weight is 521 g/mol. The van der Waals surface area contributed by atoms with E-state index < -0.39 is 53.8 Å². The number of benzene rings is 1. The standard InChI is InChI=1S/C25H36N4O8/c1-14(2)12-17(26)22(33)27-18(9-10-21(31)32)24(35)29-11-3-4-20(29)23(34)28-19(25(36)37)13-15-5-7-16(30)8-6-15/h5-8,14,17-20,30H,3-4,9-13,26H2,1-2H3,(H,27,33)(H,28,34)(H,31,32)(H,36,37). The maximum atomic E-state index is 13.4. The predicted octanol–water partition coefficient (Wildman–Crippen LogP) is 0.218. The van der Waals surface area contributed by atoms with Crippen LogP contribution in [-0.4, -0.2) is 80.6 Å². The van der Waals surface area contributed by atoms with Gasteiger partial charge in [-0.05, 0) is 49.3 Å². The predicted molar refractivity (Wildman–Crippen MR) is 132 cm³/mol. The van der Waals surface area contributed by atoms with Crippen molar-refractivity contribution >= 4 is 29.7 Å². The number of nitrogens with two attached hydrogens (primary N) is 1. The lowest BCUT2D eigenvalue weighted by molar-refractivity contribution is -0.145. The third-order valence-corrected chi connectivity index (χ3v) is 6.15. The fourth-order valence-electron chi connectivity index (χ4n) is 4.26. The minimum atomic E-state index is -1.27. The van der Waals surface area contributed by atoms with Crippen molar-refractivity contribution < 1.29 is 39.3 Å². The molecule has 0 aromatic heterocycles. The SMILES string of the molecule is CC(C)CC(N)C(=O)NC(CCC(=O)O)C(=O)N1CCCC1C(=O)NC(Cc1ccc(O)cc1)C(=O)O. The summed E-state index contributed by atoms with van der Waals surface area (Å²) in [7, 11) is 0. The molecule has 0 spiro atoms. The highest BCUT2D eigenvalue weighted by Crippen LogP contribution is 2.21. The number of aromatic hydroxyl groups is 1. The van der Waals surface area contributed by atoms with Crippen LogP contribution in [0, 0.1) is 5.92 Å². The van der Waals surface area contributed by atoms with Crippen molar-refractivity contribution in [3.8, 4) is 5.75 Å². The quantitative estimate of drug-likeness (QED) is 0.210. The number of nitrogens with one attached hydrogen (secondary N) is 2. The number of hydrogen-bond acceptors (Lipinski definition) is 7. The molecule has 2 rings (SSSR count). The monoisotopic (exact) mass is 520 g/mol. The van der Waals surface area contributed by atoms with Gasteiger partial charge in [0.05, 0.1) is 6.04 Å². The number of carbonyl (C=O) groups is 5. The second-order valence-electron chi connectivity index (χ2n) is 9.69. The molecule has 1 heterocycles. The molecule has 1 saturated heterocycles. The third kappa shape index (κ3) is 9.05. The normalized spacial score (nSPS) is 17.6. The highest BCUT2D eigenvalue weighted by molar-refractivity contribution is 5.94. The molecular weight excluding hydrogens is 484 g/mol. The van der Waals surface area contributed by atoms with Crippen LogP contribution in [0.25, 0.3) is 0 Å². The number of amides is 3. The van der Waals surface area contributed by atoms with Crippen LogP contribution in [0.5, 0.6) is 5.75 Å². The Morgan fingerprint density at radius 1 is 1.05 bits per heavy atom. The molecule has 0 aliphatic carbocycles. The molecule has 1 aliphatic rings. The summed E-state index contributed by atoms with van der Waals surface area (Å²) in [4.78, 5) is 63.2. The zero-order valence-electron chi connectivity index (χ0n) is 21.1. The lowest BCUT2D eigenvalue weighted by atomic mass is 10.0. The fraction of sp³-hybridized carbons (Fsp3) is 0.560. The number of nitrogens with zero attached hydrogens (tertiary/aromatic N) is 1. The Bertz CT molecular complexity index is 981. The van der Waals surface area contributed by atoms with Gasteiger partial charge in [-0.2, -0.15) is 0 Å². The number of aliphatic carboxylic acids is 2. The van der Waals surface area contributed by atoms with Crippen LogP contribution < -0.4 is 16.4 Å². The number of carbonyl (C=O) groups excluding carboxylic acids is 3. The highest BCUT2D eigenvalue weighted by Gasteiger charge is 2.39. The first-order valence-electron chi connectivity index (χ1n) is 12.3. The van der Waals surface area contributed by atoms with Crippen LogP contribution in [0.2, 0.25) is 0 Å². The molecule has 0 bridgehead atoms. The van der Waals surface area contributed by atoms with Gasteiger partial charge in [0.2, 0.25) is 17.7 Å². The van der Waals surface area contributed by atoms with Gasteiger partial charge in [0.25, 0.3) is 0 Å². The van der Waals surface area contributed by atoms with E-state index in [0.717, 1.165) is 0 Å². The van der Waals surface area contributed by atoms with Crippen molar-refractivity contribution in [2.75, 3.05) is 6.54 Å². The number of hydrogen-bond donors (Lipinski definition) is 6. The molecular formula is C25H36N4O8. The van der Waals surface area contributed by atoms with Crippen molar-refractivity contribution in [2.45, 2.75) is 76.5 Å². The summed E-state index contributed by atoms with van der Waals surface area (Å²) >= 11 is 0. The molecule has 1 aromatic rings. The van der Waals surface area contributed by atoms with Crippen molar-refractivity contribution in [1.82, 2.24) is 15.5 Å². The molecule has 1 aliphatic heterocycles. The van der Waals surface area contributed by atoms with Crippen LogP contribution in [0.1, 0.15) is 51.5 Å². The van der Waals surface area contributed by atoms with Gasteiger partial charge in [-0.15, -0.1) is 0 Å². The topological polar surface area (TPSA) is 199 Å². The van der Waals surface area contributed by atoms with Crippen LogP contribution >= 0.6 is 0 Å². The lowest BCUT2D eigenvalue weighted by Gasteiger charge is -2.30. The van der Waals surface area contributed by atoms with E-state index in [1.54, 1.807) is 12.1 Å². The summed E-state index contributed by atoms with van der Waals surface area (Å²) in [6, 6.07) is 1.59. The summed E-state index contributed by atoms with van der Waals surface area (Å²) in [6.45, 7) is 3.98. The first kappa shape index (κ1) is 29.6. The number of carboxylic acids is 2. The molecule has 37 heavy (non-hydrogen) atoms. The van der Waals surface area contributed by atoms with E-state index in [2.05, 4.69) is 10.6 Å². The van der Waals surface area contributed by atoms with E-state index >= 15 is 0 Å². The van der Waals surface area contributed by atoms with E-state index in [-0.39, 0.29) is 43.9 Å². The summed E-state index contributed by atoms with van der Waals surface area (Å²) in [6.07, 6.45) is 0.541. The minimum absolute atomic E-state index is 0.0227. The summed E-state index contributed by atoms with van der Waals surface area (Å²) in [5.41, 5.74) is 6.50. The van der Waals surface area contributed by atoms with Gasteiger partial charge < -0.3 is 36.6 Å². The summed E-state index contributed by atoms with van der Waals surface area (Å²) < 4.78 is 0. The third-order valence-electron chi connectivity index (χ3n) is 6.15. The Kier molecular flexibility index (Phi) is 10.9. The van der Waals surface area contributed by atoms with Gasteiger partial charge in [0, 0.05) is 19.4 Å². The van der Waals surface area contributed by atoms with Gasteiger partial charge in [0.15, 0.2) is 0 Å². The zero-order valence-corrected chi connectivity index (χ0v) is 21.1. The smallest absolute Gasteiger partial charge is 0.326 e. The number of carboxylic acid groups (broad SMARTS) is 2. The molecule has 3 amide bonds. The van der Waals surface area contributed by atoms with E-state index in [1.165, 1.54) is 17.0 Å². The van der Waals surface area contributed by atoms with E-state index in [0.29, 0.717) is 18.4 Å². The van der Waals surface area contributed by atoms with Crippen LogP contribution in [0.15, 0.2) is 24.3 Å². The molecule has 1 fully saturated rings. The molecule has 4 atom stereocenters. The van der Waals surface area contributed by atoms with Gasteiger partial charge in [0.1, 0.15) is 23.9 Å². The number of phenolic OH excluding ortho intramolecular Hbond substituents is 1. The largest absolute Gasteiger partial charge is 0.508 e. The van der Waals surface area contributed by atoms with Gasteiger partial charge in [-0.25, -0.2) is 4.79 Å². The van der Waals surface area contributed by atoms with Crippen LogP contribution in [-0.2, 0) is 30.4 Å². The Morgan fingerprint density at radius 2 is 1.70 bits per heavy atom. The minimum Gasteiger partial charge on any atom is -0.508 e. The number of rotatable bonds is 13. The molecule has 12 heteroatoms. The maximum Gasteiger partial charge on any atom is 0.326 e. The maximum absolute atomic E-state index is 13.4. The van der Waals surface area contributed by atoms with Gasteiger partial charge in [-0.3, -0.25) is 19.2 Å². The van der Waals surface area contributed by atoms with Crippen molar-refractivity contribution in [3.63, 3.8) is 0 Å². The Morgan fingerprint density at radius 3 is 2.27 bits per heavy atom. The zero-order chi connectivity index (χ0) is 27.7. The Hall–Kier alpha value is -3.67. The molecule has 0 saturated carbocycles. The van der Waals surface area contributed by atoms with E-state index in [1.807, 2.05) is 13.8 Å². The molecule has 4 unspecified atom stereocenters. The average Bonchev–Trinajstić information content (AvgIpc) is 3.31. The van der Waals surface area contributed by atoms with Crippen molar-refractivity contribution in [3.05, 3.63) is 29.8 Å². The molecule has 7 N–H and O–H groups in total. The first-order chi connectivity index (χ1) is 17.4. The molecule has 0 radical (unpaired) electrons. The Balaban J connectivity index is 2.13. The van der Waals surface area contributed by atoms with E-state index in [4.69, 9.17) is 10.8 Å². The van der Waals surface area contributed by atoms with Crippen LogP contribution in [0.4, 0.5) is 0 Å². The molecule has 1 aromatic carbocycles. The van der Waals surface area contributed by atoms with Crippen molar-refractivity contribution in [1.29, 1.82) is 0 Å². The highest BCUT2D eigenvalue weighted by atomic mass is 16.4. The van der Waals surface area contributed by atoms with Crippen molar-refractivity contribution in [2.24, 2.45) is 11.7 Å². The second-order valence-corrected chi connectivity index (χ2v) is 9.69. The number of likely N-dealkylation sites (tertiary alicyclic amines) is 1.